The molecule has 2 aromatic carbocycles. The topological polar surface area (TPSA) is 54.9 Å². The summed E-state index contributed by atoms with van der Waals surface area (Å²) in [5.41, 5.74) is 8.08. The van der Waals surface area contributed by atoms with Crippen molar-refractivity contribution in [2.24, 2.45) is 0 Å². The van der Waals surface area contributed by atoms with E-state index in [-0.39, 0.29) is 11.3 Å². The van der Waals surface area contributed by atoms with Crippen LogP contribution in [0.15, 0.2) is 91.5 Å². The van der Waals surface area contributed by atoms with E-state index in [1.165, 1.54) is 33.4 Å². The molecular formula is C27H23N3O. The molecule has 0 radical (unpaired) electrons. The maximum absolute atomic E-state index is 11.7. The smallest absolute Gasteiger partial charge is 0.221 e. The third kappa shape index (κ3) is 3.50. The number of carbonyl (C=O) groups excluding carboxylic acids is 1. The maximum Gasteiger partial charge on any atom is 0.221 e. The quantitative estimate of drug-likeness (QED) is 0.497. The second-order valence-corrected chi connectivity index (χ2v) is 8.13. The zero-order chi connectivity index (χ0) is 21.3. The van der Waals surface area contributed by atoms with Crippen molar-refractivity contribution in [1.82, 2.24) is 9.97 Å². The molecular weight excluding hydrogens is 382 g/mol. The van der Waals surface area contributed by atoms with E-state index in [2.05, 4.69) is 75.9 Å². The first kappa shape index (κ1) is 19.2. The Morgan fingerprint density at radius 1 is 0.774 bits per heavy atom. The van der Waals surface area contributed by atoms with Crippen LogP contribution in [0.5, 0.6) is 0 Å². The van der Waals surface area contributed by atoms with E-state index in [0.29, 0.717) is 0 Å². The number of pyridine rings is 2. The van der Waals surface area contributed by atoms with Crippen molar-refractivity contribution in [2.75, 3.05) is 5.32 Å². The Kier molecular flexibility index (Phi) is 4.83. The van der Waals surface area contributed by atoms with Gasteiger partial charge in [0.25, 0.3) is 0 Å². The molecule has 1 aliphatic carbocycles. The lowest BCUT2D eigenvalue weighted by molar-refractivity contribution is -0.114. The summed E-state index contributed by atoms with van der Waals surface area (Å²) in [6.45, 7) is 1.54. The first-order chi connectivity index (χ1) is 15.2. The van der Waals surface area contributed by atoms with Gasteiger partial charge in [0.1, 0.15) is 0 Å². The van der Waals surface area contributed by atoms with E-state index in [1.807, 2.05) is 30.9 Å². The Balaban J connectivity index is 1.74. The van der Waals surface area contributed by atoms with Gasteiger partial charge in [-0.15, -0.1) is 0 Å². The molecule has 1 N–H and O–H groups in total. The van der Waals surface area contributed by atoms with Crippen molar-refractivity contribution in [2.45, 2.75) is 25.2 Å². The molecule has 1 amide bonds. The lowest BCUT2D eigenvalue weighted by Gasteiger charge is -2.33. The molecule has 1 aliphatic rings. The lowest BCUT2D eigenvalue weighted by Crippen LogP contribution is -2.31. The van der Waals surface area contributed by atoms with Crippen LogP contribution in [-0.4, -0.2) is 15.9 Å². The zero-order valence-corrected chi connectivity index (χ0v) is 17.4. The van der Waals surface area contributed by atoms with Gasteiger partial charge < -0.3 is 5.32 Å². The molecule has 2 aromatic heterocycles. The van der Waals surface area contributed by atoms with E-state index in [4.69, 9.17) is 0 Å². The fourth-order valence-electron chi connectivity index (χ4n) is 4.88. The fraction of sp³-hybridized carbons (Fsp3) is 0.148. The summed E-state index contributed by atoms with van der Waals surface area (Å²) in [4.78, 5) is 20.2. The van der Waals surface area contributed by atoms with Crippen molar-refractivity contribution < 1.29 is 4.79 Å². The number of rotatable bonds is 5. The summed E-state index contributed by atoms with van der Waals surface area (Å²) in [5, 5.41) is 2.97. The van der Waals surface area contributed by atoms with Crippen molar-refractivity contribution in [1.29, 1.82) is 0 Å². The average molecular weight is 406 g/mol. The molecule has 0 saturated heterocycles. The van der Waals surface area contributed by atoms with Crippen LogP contribution in [0.1, 0.15) is 29.2 Å². The molecule has 31 heavy (non-hydrogen) atoms. The molecule has 4 aromatic rings. The molecule has 4 nitrogen and oxygen atoms in total. The third-order valence-corrected chi connectivity index (χ3v) is 6.10. The van der Waals surface area contributed by atoms with Crippen molar-refractivity contribution in [3.05, 3.63) is 114 Å². The number of aromatic nitrogens is 2. The number of nitrogens with zero attached hydrogens (tertiary/aromatic N) is 2. The number of amides is 1. The monoisotopic (exact) mass is 405 g/mol. The van der Waals surface area contributed by atoms with Gasteiger partial charge in [0.05, 0.1) is 0 Å². The summed E-state index contributed by atoms with van der Waals surface area (Å²) >= 11 is 0. The van der Waals surface area contributed by atoms with Gasteiger partial charge in [-0.05, 0) is 82.6 Å². The predicted octanol–water partition coefficient (Wildman–Crippen LogP) is 5.19. The van der Waals surface area contributed by atoms with E-state index in [0.717, 1.165) is 18.5 Å². The Morgan fingerprint density at radius 3 is 1.97 bits per heavy atom. The van der Waals surface area contributed by atoms with Gasteiger partial charge >= 0.3 is 0 Å². The molecule has 0 atom stereocenters. The van der Waals surface area contributed by atoms with Crippen LogP contribution < -0.4 is 5.32 Å². The minimum atomic E-state index is -0.261. The molecule has 0 unspecified atom stereocenters. The molecule has 152 valence electrons. The second-order valence-electron chi connectivity index (χ2n) is 8.13. The molecule has 0 bridgehead atoms. The van der Waals surface area contributed by atoms with Crippen LogP contribution in [0.3, 0.4) is 0 Å². The summed E-state index contributed by atoms with van der Waals surface area (Å²) in [7, 11) is 0. The van der Waals surface area contributed by atoms with E-state index >= 15 is 0 Å². The van der Waals surface area contributed by atoms with Crippen molar-refractivity contribution in [3.8, 4) is 11.1 Å². The first-order valence-electron chi connectivity index (χ1n) is 10.5. The standard InChI is InChI=1S/C27H23N3O/c1-19(31)30-22-6-7-24-23-4-2-3-5-25(23)27(26(24)16-22,17-20-8-12-28-13-9-20)18-21-10-14-29-15-11-21/h2-16H,17-18H2,1H3,(H,30,31). The molecule has 2 heterocycles. The highest BCUT2D eigenvalue weighted by Crippen LogP contribution is 2.52. The first-order valence-corrected chi connectivity index (χ1v) is 10.5. The number of benzene rings is 2. The molecule has 0 fully saturated rings. The Hall–Kier alpha value is -3.79. The second kappa shape index (κ2) is 7.80. The Morgan fingerprint density at radius 2 is 1.35 bits per heavy atom. The zero-order valence-electron chi connectivity index (χ0n) is 17.4. The fourth-order valence-corrected chi connectivity index (χ4v) is 4.88. The number of anilines is 1. The number of fused-ring (bicyclic) bond motifs is 3. The summed E-state index contributed by atoms with van der Waals surface area (Å²) < 4.78 is 0. The van der Waals surface area contributed by atoms with Gasteiger partial charge in [0.2, 0.25) is 5.91 Å². The van der Waals surface area contributed by atoms with Crippen LogP contribution in [-0.2, 0) is 23.1 Å². The predicted molar refractivity (Wildman–Crippen MR) is 123 cm³/mol. The lowest BCUT2D eigenvalue weighted by atomic mass is 9.69. The molecule has 4 heteroatoms. The van der Waals surface area contributed by atoms with Crippen LogP contribution >= 0.6 is 0 Å². The summed E-state index contributed by atoms with van der Waals surface area (Å²) in [5.74, 6) is -0.0654. The van der Waals surface area contributed by atoms with Gasteiger partial charge in [0.15, 0.2) is 0 Å². The largest absolute Gasteiger partial charge is 0.326 e. The molecule has 0 aliphatic heterocycles. The van der Waals surface area contributed by atoms with Crippen LogP contribution in [0.4, 0.5) is 5.69 Å². The van der Waals surface area contributed by atoms with Crippen LogP contribution in [0, 0.1) is 0 Å². The average Bonchev–Trinajstić information content (AvgIpc) is 3.04. The number of hydrogen-bond acceptors (Lipinski definition) is 3. The molecule has 0 spiro atoms. The van der Waals surface area contributed by atoms with Crippen molar-refractivity contribution >= 4 is 11.6 Å². The molecule has 0 saturated carbocycles. The van der Waals surface area contributed by atoms with Gasteiger partial charge in [-0.1, -0.05) is 30.3 Å². The third-order valence-electron chi connectivity index (χ3n) is 6.10. The van der Waals surface area contributed by atoms with Gasteiger partial charge in [0, 0.05) is 42.8 Å². The van der Waals surface area contributed by atoms with Crippen molar-refractivity contribution in [3.63, 3.8) is 0 Å². The Labute approximate surface area is 182 Å². The van der Waals surface area contributed by atoms with Gasteiger partial charge in [-0.25, -0.2) is 0 Å². The van der Waals surface area contributed by atoms with Crippen LogP contribution in [0.2, 0.25) is 0 Å². The minimum Gasteiger partial charge on any atom is -0.326 e. The number of carbonyl (C=O) groups is 1. The maximum atomic E-state index is 11.7. The van der Waals surface area contributed by atoms with E-state index < -0.39 is 0 Å². The highest BCUT2D eigenvalue weighted by molar-refractivity contribution is 5.91. The van der Waals surface area contributed by atoms with Crippen LogP contribution in [0.25, 0.3) is 11.1 Å². The highest BCUT2D eigenvalue weighted by Gasteiger charge is 2.43. The van der Waals surface area contributed by atoms with E-state index in [9.17, 15) is 4.79 Å². The SMILES string of the molecule is CC(=O)Nc1ccc2c(c1)C(Cc1ccncc1)(Cc1ccncc1)c1ccccc1-2. The number of nitrogens with one attached hydrogen (secondary N) is 1. The minimum absolute atomic E-state index is 0.0654. The van der Waals surface area contributed by atoms with Gasteiger partial charge in [-0.3, -0.25) is 14.8 Å². The highest BCUT2D eigenvalue weighted by atomic mass is 16.1. The van der Waals surface area contributed by atoms with Gasteiger partial charge in [-0.2, -0.15) is 0 Å². The van der Waals surface area contributed by atoms with E-state index in [1.54, 1.807) is 6.92 Å². The normalized spacial score (nSPS) is 13.3. The molecule has 5 rings (SSSR count). The Bertz CT molecular complexity index is 1190. The summed E-state index contributed by atoms with van der Waals surface area (Å²) in [6, 6.07) is 23.3. The number of hydrogen-bond donors (Lipinski definition) is 1. The summed E-state index contributed by atoms with van der Waals surface area (Å²) in [6.07, 6.45) is 9.09.